The van der Waals surface area contributed by atoms with Crippen LogP contribution in [0.3, 0.4) is 0 Å². The fourth-order valence-electron chi connectivity index (χ4n) is 1.99. The van der Waals surface area contributed by atoms with Gasteiger partial charge >= 0.3 is 0 Å². The number of benzene rings is 1. The highest BCUT2D eigenvalue weighted by atomic mass is 16.5. The van der Waals surface area contributed by atoms with Crippen LogP contribution >= 0.6 is 0 Å². The van der Waals surface area contributed by atoms with Crippen molar-refractivity contribution in [2.24, 2.45) is 0 Å². The summed E-state index contributed by atoms with van der Waals surface area (Å²) in [5.74, 6) is 0.844. The van der Waals surface area contributed by atoms with Crippen LogP contribution < -0.4 is 4.74 Å². The van der Waals surface area contributed by atoms with E-state index in [-0.39, 0.29) is 13.2 Å². The molecule has 0 fully saturated rings. The maximum atomic E-state index is 9.22. The number of rotatable bonds is 8. The number of aromatic nitrogens is 3. The lowest BCUT2D eigenvalue weighted by molar-refractivity contribution is 0.262. The summed E-state index contributed by atoms with van der Waals surface area (Å²) in [5.41, 5.74) is 1.43. The molecule has 0 aliphatic rings. The van der Waals surface area contributed by atoms with Crippen molar-refractivity contribution in [2.75, 3.05) is 13.2 Å². The molecule has 1 aromatic heterocycles. The first-order valence-corrected chi connectivity index (χ1v) is 6.66. The van der Waals surface area contributed by atoms with Crippen LogP contribution in [-0.4, -0.2) is 38.4 Å². The van der Waals surface area contributed by atoms with Gasteiger partial charge in [-0.05, 0) is 25.0 Å². The van der Waals surface area contributed by atoms with Crippen LogP contribution in [-0.2, 0) is 19.6 Å². The molecule has 2 rings (SSSR count). The van der Waals surface area contributed by atoms with Crippen molar-refractivity contribution in [3.8, 4) is 5.75 Å². The average molecular weight is 277 g/mol. The quantitative estimate of drug-likeness (QED) is 0.697. The van der Waals surface area contributed by atoms with Crippen molar-refractivity contribution in [1.82, 2.24) is 15.0 Å². The lowest BCUT2D eigenvalue weighted by Crippen LogP contribution is -2.10. The van der Waals surface area contributed by atoms with Gasteiger partial charge in [-0.1, -0.05) is 23.4 Å². The zero-order valence-electron chi connectivity index (χ0n) is 11.3. The Kier molecular flexibility index (Phi) is 5.52. The molecule has 0 unspecified atom stereocenters. The second kappa shape index (κ2) is 7.62. The Labute approximate surface area is 117 Å². The molecule has 2 N–H and O–H groups in total. The number of ether oxygens (including phenoxy) is 1. The minimum absolute atomic E-state index is 0.00173. The van der Waals surface area contributed by atoms with Crippen LogP contribution in [0.1, 0.15) is 17.8 Å². The van der Waals surface area contributed by atoms with E-state index in [2.05, 4.69) is 10.3 Å². The highest BCUT2D eigenvalue weighted by Crippen LogP contribution is 2.11. The third-order valence-electron chi connectivity index (χ3n) is 2.95. The van der Waals surface area contributed by atoms with Gasteiger partial charge in [0.2, 0.25) is 0 Å². The smallest absolute Gasteiger partial charge is 0.119 e. The van der Waals surface area contributed by atoms with E-state index in [1.807, 2.05) is 30.3 Å². The predicted molar refractivity (Wildman–Crippen MR) is 73.3 cm³/mol. The number of hydrogen-bond donors (Lipinski definition) is 2. The Balaban J connectivity index is 1.85. The number of hydrogen-bond acceptors (Lipinski definition) is 5. The van der Waals surface area contributed by atoms with Crippen molar-refractivity contribution in [3.63, 3.8) is 0 Å². The zero-order valence-corrected chi connectivity index (χ0v) is 11.3. The highest BCUT2D eigenvalue weighted by Gasteiger charge is 2.11. The summed E-state index contributed by atoms with van der Waals surface area (Å²) >= 11 is 0. The van der Waals surface area contributed by atoms with Crippen LogP contribution in [0.25, 0.3) is 0 Å². The molecule has 6 heteroatoms. The number of aliphatic hydroxyl groups excluding tert-OH is 2. The van der Waals surface area contributed by atoms with Crippen LogP contribution in [0.2, 0.25) is 0 Å². The van der Waals surface area contributed by atoms with E-state index >= 15 is 0 Å². The van der Waals surface area contributed by atoms with Crippen molar-refractivity contribution in [2.45, 2.75) is 26.0 Å². The Bertz CT molecular complexity index is 514. The summed E-state index contributed by atoms with van der Waals surface area (Å²) in [6, 6.07) is 9.63. The third-order valence-corrected chi connectivity index (χ3v) is 2.95. The predicted octanol–water partition coefficient (Wildman–Crippen LogP) is 0.774. The Morgan fingerprint density at radius 3 is 2.65 bits per heavy atom. The molecule has 0 radical (unpaired) electrons. The molecule has 0 aliphatic heterocycles. The molecule has 1 heterocycles. The van der Waals surface area contributed by atoms with Gasteiger partial charge in [-0.15, -0.1) is 5.10 Å². The molecule has 0 atom stereocenters. The molecule has 0 amide bonds. The molecule has 0 saturated heterocycles. The first-order valence-electron chi connectivity index (χ1n) is 6.66. The molecule has 6 nitrogen and oxygen atoms in total. The van der Waals surface area contributed by atoms with Gasteiger partial charge in [0.1, 0.15) is 11.4 Å². The van der Waals surface area contributed by atoms with Crippen LogP contribution in [0, 0.1) is 0 Å². The topological polar surface area (TPSA) is 80.4 Å². The first kappa shape index (κ1) is 14.5. The van der Waals surface area contributed by atoms with Gasteiger partial charge in [0.25, 0.3) is 0 Å². The molecule has 0 bridgehead atoms. The molecule has 20 heavy (non-hydrogen) atoms. The fourth-order valence-corrected chi connectivity index (χ4v) is 1.99. The highest BCUT2D eigenvalue weighted by molar-refractivity contribution is 5.20. The van der Waals surface area contributed by atoms with E-state index in [9.17, 15) is 5.11 Å². The van der Waals surface area contributed by atoms with Crippen LogP contribution in [0.4, 0.5) is 0 Å². The Morgan fingerprint density at radius 2 is 1.95 bits per heavy atom. The van der Waals surface area contributed by atoms with Crippen molar-refractivity contribution >= 4 is 0 Å². The molecule has 1 aromatic carbocycles. The zero-order chi connectivity index (χ0) is 14.2. The summed E-state index contributed by atoms with van der Waals surface area (Å²) in [4.78, 5) is 0. The van der Waals surface area contributed by atoms with Gasteiger partial charge in [0.05, 0.1) is 32.1 Å². The molecular formula is C14H19N3O3. The van der Waals surface area contributed by atoms with E-state index in [0.717, 1.165) is 17.9 Å². The summed E-state index contributed by atoms with van der Waals surface area (Å²) in [5, 5.41) is 26.0. The van der Waals surface area contributed by atoms with E-state index < -0.39 is 0 Å². The third kappa shape index (κ3) is 3.79. The van der Waals surface area contributed by atoms with E-state index in [4.69, 9.17) is 9.84 Å². The number of nitrogens with zero attached hydrogens (tertiary/aromatic N) is 3. The van der Waals surface area contributed by atoms with Gasteiger partial charge < -0.3 is 14.9 Å². The summed E-state index contributed by atoms with van der Waals surface area (Å²) < 4.78 is 7.25. The van der Waals surface area contributed by atoms with E-state index in [1.54, 1.807) is 4.68 Å². The minimum Gasteiger partial charge on any atom is -0.494 e. The lowest BCUT2D eigenvalue weighted by Gasteiger charge is -2.08. The van der Waals surface area contributed by atoms with Gasteiger partial charge in [0, 0.05) is 0 Å². The van der Waals surface area contributed by atoms with Crippen molar-refractivity contribution in [1.29, 1.82) is 0 Å². The average Bonchev–Trinajstić information content (AvgIpc) is 2.87. The van der Waals surface area contributed by atoms with Crippen LogP contribution in [0.15, 0.2) is 30.3 Å². The van der Waals surface area contributed by atoms with Gasteiger partial charge in [0.15, 0.2) is 0 Å². The molecular weight excluding hydrogens is 258 g/mol. The SMILES string of the molecule is OCCn1nnc(CO)c1CCCOc1ccccc1. The molecule has 2 aromatic rings. The van der Waals surface area contributed by atoms with Crippen molar-refractivity contribution in [3.05, 3.63) is 41.7 Å². The number of aliphatic hydroxyl groups is 2. The maximum Gasteiger partial charge on any atom is 0.119 e. The second-order valence-corrected chi connectivity index (χ2v) is 4.35. The summed E-state index contributed by atoms with van der Waals surface area (Å²) in [7, 11) is 0. The van der Waals surface area contributed by atoms with E-state index in [0.29, 0.717) is 25.3 Å². The summed E-state index contributed by atoms with van der Waals surface area (Å²) in [6.45, 7) is 0.836. The van der Waals surface area contributed by atoms with Crippen LogP contribution in [0.5, 0.6) is 5.75 Å². The standard InChI is InChI=1S/C14H19N3O3/c18-9-8-17-14(13(11-19)15-16-17)7-4-10-20-12-5-2-1-3-6-12/h1-3,5-6,18-19H,4,7-11H2. The molecule has 0 aliphatic carbocycles. The normalized spacial score (nSPS) is 10.7. The molecule has 0 spiro atoms. The van der Waals surface area contributed by atoms with E-state index in [1.165, 1.54) is 0 Å². The lowest BCUT2D eigenvalue weighted by atomic mass is 10.2. The Morgan fingerprint density at radius 1 is 1.15 bits per heavy atom. The maximum absolute atomic E-state index is 9.22. The van der Waals surface area contributed by atoms with Crippen molar-refractivity contribution < 1.29 is 14.9 Å². The Hall–Kier alpha value is -1.92. The first-order chi connectivity index (χ1) is 9.85. The minimum atomic E-state index is -0.139. The van der Waals surface area contributed by atoms with Gasteiger partial charge in [-0.3, -0.25) is 0 Å². The van der Waals surface area contributed by atoms with Gasteiger partial charge in [-0.2, -0.15) is 0 Å². The second-order valence-electron chi connectivity index (χ2n) is 4.35. The molecule has 108 valence electrons. The molecule has 0 saturated carbocycles. The fraction of sp³-hybridized carbons (Fsp3) is 0.429. The monoisotopic (exact) mass is 277 g/mol. The van der Waals surface area contributed by atoms with Gasteiger partial charge in [-0.25, -0.2) is 4.68 Å². The largest absolute Gasteiger partial charge is 0.494 e. The number of para-hydroxylation sites is 1. The summed E-state index contributed by atoms with van der Waals surface area (Å²) in [6.07, 6.45) is 1.50.